The first-order valence-corrected chi connectivity index (χ1v) is 253. The average Bonchev–Trinajstić information content (AvgIpc) is 1.51. The van der Waals surface area contributed by atoms with Crippen molar-refractivity contribution in [2.24, 2.45) is 0 Å². The van der Waals surface area contributed by atoms with Crippen LogP contribution >= 0.6 is 461 Å². The van der Waals surface area contributed by atoms with Gasteiger partial charge in [-0.1, -0.05) is 196 Å². The summed E-state index contributed by atoms with van der Waals surface area (Å²) in [7, 11) is -7.57. The van der Waals surface area contributed by atoms with E-state index < -0.39 is 118 Å². The van der Waals surface area contributed by atoms with Gasteiger partial charge in [-0.25, -0.2) is 0 Å². The van der Waals surface area contributed by atoms with Gasteiger partial charge in [0.2, 0.25) is 0 Å². The molecule has 8 aromatic rings. The first-order valence-electron chi connectivity index (χ1n) is 39.6. The third-order valence-electron chi connectivity index (χ3n) is 24.8. The number of rotatable bonds is 21. The first-order chi connectivity index (χ1) is 58.5. The second-order valence-electron chi connectivity index (χ2n) is 36.8. The van der Waals surface area contributed by atoms with Crippen molar-refractivity contribution >= 4 is 541 Å². The van der Waals surface area contributed by atoms with Crippen LogP contribution in [0.1, 0.15) is 236 Å². The van der Waals surface area contributed by atoms with Crippen LogP contribution in [0.3, 0.4) is 0 Å². The van der Waals surface area contributed by atoms with Gasteiger partial charge in [0.1, 0.15) is 0 Å². The standard InChI is InChI=1S/C43H51BN2.C43H54N2.CH4.I35/c1-26-21-34-38-35(22-26)46-39-36(42(10)19-12-13-20-43(42,46)11)27(2)23-28(3)37(39)44(38)32-18-17-30(41(7,8)9)25-33(32)45(34)31-16-14-15-29(24-31)40(4,5)6;1-29-22-31(3)39-38(25-29)45(43(11)21-13-12-20-42(39,43)10)37-24-30(2)23-36(28-37)44(34-18-14-16-32(26-34)40(4,5)6)35-19-15-17-33(27-35)41(7,8)9;;1-19-21(4)23(6)25(8)27(10)29(12)31(14)33(16)35(18)34(17)32(15)30(13)28(11)26(9)24(7)22(5)20(2)3/h14-18,21-25H,12-13,19-20H2,1-11H3;14-19,22-28H,12-13,20-21H2,1-11H3;1H4;/q;;;-1. The number of anilines is 10. The van der Waals surface area contributed by atoms with Crippen molar-refractivity contribution in [1.29, 1.82) is 0 Å². The molecule has 0 spiro atoms. The monoisotopic (exact) mass is 5660 g/mol. The van der Waals surface area contributed by atoms with Crippen LogP contribution in [0.4, 0.5) is 56.9 Å². The Morgan fingerprint density at radius 3 is 1.21 bits per heavy atom. The zero-order chi connectivity index (χ0) is 93.2. The molecule has 0 saturated heterocycles. The molecule has 0 aromatic heterocycles. The molecule has 4 nitrogen and oxygen atoms in total. The molecule has 0 N–H and O–H groups in total. The van der Waals surface area contributed by atoms with Gasteiger partial charge in [-0.3, -0.25) is 0 Å². The Hall–Kier alpha value is 18.6. The van der Waals surface area contributed by atoms with Gasteiger partial charge < -0.3 is 19.6 Å². The summed E-state index contributed by atoms with van der Waals surface area (Å²) in [5.74, 6) is 0. The molecular formula is C87H109BI35N4-. The summed E-state index contributed by atoms with van der Waals surface area (Å²) in [6.45, 7) is 52.3. The minimum absolute atomic E-state index is 0. The third-order valence-corrected chi connectivity index (χ3v) is 2590. The summed E-state index contributed by atoms with van der Waals surface area (Å²) in [4.78, 5) is 10.7. The Morgan fingerprint density at radius 2 is 0.740 bits per heavy atom. The van der Waals surface area contributed by atoms with Crippen LogP contribution in [0.25, 0.3) is 0 Å². The zero-order valence-electron chi connectivity index (χ0n) is 73.0. The van der Waals surface area contributed by atoms with Gasteiger partial charge in [-0.15, -0.1) is 0 Å². The molecule has 2 aliphatic carbocycles. The maximum atomic E-state index is 3.32. The Balaban J connectivity index is 0.000000187. The van der Waals surface area contributed by atoms with Crippen LogP contribution < -0.4 is 49.2 Å². The zero-order valence-corrected chi connectivity index (χ0v) is 149. The number of aryl methyl sites for hydroxylation is 6. The number of nitrogens with zero attached hydrogens (tertiary/aromatic N) is 4. The predicted molar refractivity (Wildman–Crippen MR) is 879 cm³/mol. The first kappa shape index (κ1) is 126. The second kappa shape index (κ2) is 53.2. The van der Waals surface area contributed by atoms with E-state index in [1.165, 1.54) is 175 Å². The Bertz CT molecular complexity index is 5240. The van der Waals surface area contributed by atoms with Gasteiger partial charge in [0, 0.05) is 67.7 Å². The van der Waals surface area contributed by atoms with Crippen molar-refractivity contribution in [3.8, 4) is 0 Å². The molecule has 2 saturated carbocycles. The Morgan fingerprint density at radius 1 is 0.346 bits per heavy atom. The quantitative estimate of drug-likeness (QED) is 0.0525. The SMILES string of the molecule is C.Cc1cc(N(c2cccc(C(C)(C)C)c2)c2cccc(C(C)(C)C)c2)cc(N2c3cc(C)cc(C)c3C3(C)CCCCC23C)c1.Cc1cc2c3c(c1)N1c4c(c(C)cc(C)c4C4(C)CCCCC14C)B3c1ccc(C(C)(C)C)cc1N2c1cccc(C(C)(C)C)c1.I[I-]I(I)I(I)I(I)I(I)I(I)I(I)I(I)I(I)I(I)I(I)I(I)I(I)I(I)I(I)I(I)I(I)I. The van der Waals surface area contributed by atoms with E-state index in [4.69, 9.17) is 0 Å². The summed E-state index contributed by atoms with van der Waals surface area (Å²) >= 11 is 58.1. The summed E-state index contributed by atoms with van der Waals surface area (Å²) in [5, 5.41) is 0. The van der Waals surface area contributed by atoms with E-state index in [2.05, 4.69) is 647 Å². The molecule has 2 fully saturated rings. The topological polar surface area (TPSA) is 13.0 Å². The van der Waals surface area contributed by atoms with E-state index in [1.807, 2.05) is 0 Å². The normalized spacial score (nSPS) is 20.9. The second-order valence-corrected chi connectivity index (χ2v) is 833. The van der Waals surface area contributed by atoms with Crippen molar-refractivity contribution in [2.45, 2.75) is 255 Å². The molecule has 0 bridgehead atoms. The summed E-state index contributed by atoms with van der Waals surface area (Å²) < 4.78 is 0. The number of hydrogen-bond donors (Lipinski definition) is 0. The van der Waals surface area contributed by atoms with E-state index in [9.17, 15) is 0 Å². The Labute approximate surface area is 1000 Å². The van der Waals surface area contributed by atoms with Gasteiger partial charge in [0.15, 0.2) is 0 Å². The van der Waals surface area contributed by atoms with Crippen molar-refractivity contribution in [3.05, 3.63) is 206 Å². The fourth-order valence-corrected chi connectivity index (χ4v) is 6100. The van der Waals surface area contributed by atoms with Crippen molar-refractivity contribution in [3.63, 3.8) is 0 Å². The van der Waals surface area contributed by atoms with Crippen molar-refractivity contribution < 1.29 is 13.3 Å². The van der Waals surface area contributed by atoms with Crippen LogP contribution in [-0.2, 0) is 32.5 Å². The van der Waals surface area contributed by atoms with Gasteiger partial charge in [-0.2, -0.15) is 0 Å². The van der Waals surface area contributed by atoms with E-state index in [-0.39, 0.29) is 65.6 Å². The average molecular weight is 5660 g/mol. The molecule has 127 heavy (non-hydrogen) atoms. The fraction of sp³-hybridized carbons (Fsp3) is 0.448. The van der Waals surface area contributed by atoms with E-state index >= 15 is 0 Å². The minimum atomic E-state index is -0.513. The predicted octanol–water partition coefficient (Wildman–Crippen LogP) is 49.7. The molecule has 0 radical (unpaired) electrons. The molecule has 4 unspecified atom stereocenters. The Kier molecular flexibility index (Phi) is 52.7. The molecule has 14 rings (SSSR count). The van der Waals surface area contributed by atoms with E-state index in [1.54, 1.807) is 16.6 Å². The van der Waals surface area contributed by atoms with Gasteiger partial charge in [0.25, 0.3) is 6.71 Å². The molecule has 4 aliphatic heterocycles. The fourth-order valence-electron chi connectivity index (χ4n) is 18.9. The van der Waals surface area contributed by atoms with Crippen LogP contribution in [0.5, 0.6) is 0 Å². The number of benzene rings is 8. The summed E-state index contributed by atoms with van der Waals surface area (Å²) in [6, 6.07) is 54.7. The van der Waals surface area contributed by atoms with Gasteiger partial charge in [0.05, 0.1) is 11.1 Å². The molecule has 726 valence electrons. The van der Waals surface area contributed by atoms with Crippen LogP contribution in [0, 0.1) is 41.5 Å². The molecule has 8 aromatic carbocycles. The van der Waals surface area contributed by atoms with Crippen molar-refractivity contribution in [1.82, 2.24) is 0 Å². The number of fused-ring (bicyclic) bond motifs is 10. The van der Waals surface area contributed by atoms with Gasteiger partial charge in [-0.05, 0) is 259 Å². The molecule has 4 heterocycles. The third kappa shape index (κ3) is 28.1. The molecule has 0 amide bonds. The number of hydrogen-bond acceptors (Lipinski definition) is 4. The van der Waals surface area contributed by atoms with Crippen LogP contribution in [0.2, 0.25) is 0 Å². The van der Waals surface area contributed by atoms with E-state index in [0.717, 1.165) is 0 Å². The van der Waals surface area contributed by atoms with Crippen LogP contribution in [0.15, 0.2) is 140 Å². The van der Waals surface area contributed by atoms with Crippen LogP contribution in [-0.4, -0.2) is 17.8 Å². The maximum absolute atomic E-state index is 3.32. The molecular weight excluding hydrogens is 5550 g/mol. The molecule has 40 heteroatoms. The van der Waals surface area contributed by atoms with Crippen molar-refractivity contribution in [2.75, 3.05) is 19.6 Å². The summed E-state index contributed by atoms with van der Waals surface area (Å²) in [6.07, 6.45) is 10.1. The molecule has 6 aliphatic rings. The molecule has 4 atom stereocenters. The van der Waals surface area contributed by atoms with Gasteiger partial charge >= 0.3 is 475 Å². The summed E-state index contributed by atoms with van der Waals surface area (Å²) in [5.41, 5.74) is 35.2. The van der Waals surface area contributed by atoms with E-state index in [0.29, 0.717) is 13.3 Å². The number of halogens is 35.